The SMILES string of the molecule is Cc1ccc2sc(CCC(=O)NCCC[N+]3(N)CCCC3c3ccc(Cl)c(Cl)c3)nc2n1. The summed E-state index contributed by atoms with van der Waals surface area (Å²) in [7, 11) is 0. The van der Waals surface area contributed by atoms with Gasteiger partial charge in [-0.3, -0.25) is 4.79 Å². The molecular formula is C23H28Cl2N5OS+. The molecule has 3 aromatic rings. The number of thiazole rings is 1. The van der Waals surface area contributed by atoms with Crippen LogP contribution in [-0.4, -0.2) is 40.1 Å². The number of likely N-dealkylation sites (tertiary alicyclic amines) is 1. The van der Waals surface area contributed by atoms with Crippen LogP contribution in [0.25, 0.3) is 10.3 Å². The maximum Gasteiger partial charge on any atom is 0.220 e. The van der Waals surface area contributed by atoms with Crippen LogP contribution in [0.15, 0.2) is 30.3 Å². The van der Waals surface area contributed by atoms with Crippen LogP contribution in [0.4, 0.5) is 0 Å². The summed E-state index contributed by atoms with van der Waals surface area (Å²) < 4.78 is 1.54. The molecule has 2 unspecified atom stereocenters. The molecule has 0 saturated carbocycles. The fourth-order valence-corrected chi connectivity index (χ4v) is 5.63. The van der Waals surface area contributed by atoms with Crippen LogP contribution in [0, 0.1) is 6.92 Å². The number of hydrogen-bond acceptors (Lipinski definition) is 5. The van der Waals surface area contributed by atoms with Gasteiger partial charge in [0.1, 0.15) is 6.04 Å². The molecule has 1 saturated heterocycles. The first-order valence-electron chi connectivity index (χ1n) is 10.9. The molecule has 1 aliphatic rings. The Balaban J connectivity index is 1.23. The van der Waals surface area contributed by atoms with Crippen molar-refractivity contribution in [3.63, 3.8) is 0 Å². The van der Waals surface area contributed by atoms with E-state index in [0.29, 0.717) is 34.0 Å². The predicted octanol–water partition coefficient (Wildman–Crippen LogP) is 4.97. The number of amides is 1. The zero-order valence-electron chi connectivity index (χ0n) is 18.1. The fourth-order valence-electron chi connectivity index (χ4n) is 4.42. The van der Waals surface area contributed by atoms with Gasteiger partial charge in [0.15, 0.2) is 5.65 Å². The Morgan fingerprint density at radius 1 is 1.25 bits per heavy atom. The Morgan fingerprint density at radius 3 is 2.91 bits per heavy atom. The summed E-state index contributed by atoms with van der Waals surface area (Å²) in [6.07, 6.45) is 3.97. The third-order valence-corrected chi connectivity index (χ3v) is 7.89. The van der Waals surface area contributed by atoms with E-state index in [1.165, 1.54) is 0 Å². The number of nitrogens with one attached hydrogen (secondary N) is 1. The van der Waals surface area contributed by atoms with Crippen molar-refractivity contribution in [1.29, 1.82) is 0 Å². The Morgan fingerprint density at radius 2 is 2.09 bits per heavy atom. The third kappa shape index (κ3) is 5.41. The molecule has 3 N–H and O–H groups in total. The first-order chi connectivity index (χ1) is 15.3. The van der Waals surface area contributed by atoms with E-state index in [0.717, 1.165) is 59.0 Å². The first-order valence-corrected chi connectivity index (χ1v) is 12.5. The van der Waals surface area contributed by atoms with E-state index in [9.17, 15) is 4.79 Å². The lowest BCUT2D eigenvalue weighted by atomic mass is 10.0. The van der Waals surface area contributed by atoms with Crippen molar-refractivity contribution in [3.8, 4) is 0 Å². The molecule has 2 aromatic heterocycles. The second kappa shape index (κ2) is 10.0. The smallest absolute Gasteiger partial charge is 0.220 e. The second-order valence-corrected chi connectivity index (χ2v) is 10.4. The normalized spacial score (nSPS) is 20.7. The Bertz CT molecular complexity index is 1120. The average Bonchev–Trinajstić information content (AvgIpc) is 3.34. The van der Waals surface area contributed by atoms with Gasteiger partial charge in [0, 0.05) is 49.9 Å². The molecule has 1 aliphatic heterocycles. The van der Waals surface area contributed by atoms with Gasteiger partial charge in [-0.05, 0) is 31.2 Å². The second-order valence-electron chi connectivity index (χ2n) is 8.47. The molecule has 1 fully saturated rings. The van der Waals surface area contributed by atoms with Crippen LogP contribution < -0.4 is 11.2 Å². The molecule has 1 aromatic carbocycles. The maximum atomic E-state index is 12.3. The first kappa shape index (κ1) is 23.4. The lowest BCUT2D eigenvalue weighted by Gasteiger charge is -2.35. The van der Waals surface area contributed by atoms with Crippen LogP contribution in [0.3, 0.4) is 0 Å². The van der Waals surface area contributed by atoms with E-state index in [2.05, 4.69) is 15.3 Å². The predicted molar refractivity (Wildman–Crippen MR) is 131 cm³/mol. The molecule has 0 spiro atoms. The Labute approximate surface area is 202 Å². The quantitative estimate of drug-likeness (QED) is 0.264. The van der Waals surface area contributed by atoms with Crippen molar-refractivity contribution < 1.29 is 9.39 Å². The van der Waals surface area contributed by atoms with Gasteiger partial charge in [-0.15, -0.1) is 11.3 Å². The molecule has 0 radical (unpaired) electrons. The van der Waals surface area contributed by atoms with E-state index >= 15 is 0 Å². The minimum atomic E-state index is 0.0411. The summed E-state index contributed by atoms with van der Waals surface area (Å²) in [6, 6.07) is 10.0. The minimum absolute atomic E-state index is 0.0411. The molecule has 0 aliphatic carbocycles. The number of aromatic nitrogens is 2. The van der Waals surface area contributed by atoms with Crippen molar-refractivity contribution in [2.45, 2.75) is 45.1 Å². The number of fused-ring (bicyclic) bond motifs is 1. The van der Waals surface area contributed by atoms with Crippen LogP contribution in [-0.2, 0) is 11.2 Å². The van der Waals surface area contributed by atoms with Crippen molar-refractivity contribution in [2.24, 2.45) is 5.84 Å². The topological polar surface area (TPSA) is 80.9 Å². The van der Waals surface area contributed by atoms with Gasteiger partial charge in [0.05, 0.1) is 32.8 Å². The van der Waals surface area contributed by atoms with Crippen LogP contribution >= 0.6 is 34.5 Å². The number of nitrogens with two attached hydrogens (primary N) is 1. The number of aryl methyl sites for hydroxylation is 2. The fraction of sp³-hybridized carbons (Fsp3) is 0.435. The van der Waals surface area contributed by atoms with Crippen LogP contribution in [0.1, 0.15) is 48.0 Å². The summed E-state index contributed by atoms with van der Waals surface area (Å²) in [5.74, 6) is 6.80. The van der Waals surface area contributed by atoms with E-state index in [4.69, 9.17) is 29.0 Å². The average molecular weight is 493 g/mol. The van der Waals surface area contributed by atoms with E-state index < -0.39 is 0 Å². The largest absolute Gasteiger partial charge is 0.356 e. The van der Waals surface area contributed by atoms with Gasteiger partial charge in [-0.1, -0.05) is 29.3 Å². The molecule has 6 nitrogen and oxygen atoms in total. The summed E-state index contributed by atoms with van der Waals surface area (Å²) in [6.45, 7) is 4.29. The lowest BCUT2D eigenvalue weighted by Crippen LogP contribution is -2.54. The van der Waals surface area contributed by atoms with Crippen LogP contribution in [0.5, 0.6) is 0 Å². The minimum Gasteiger partial charge on any atom is -0.356 e. The molecule has 1 amide bonds. The maximum absolute atomic E-state index is 12.3. The number of carbonyl (C=O) groups excluding carboxylic acids is 1. The number of pyridine rings is 1. The molecule has 0 bridgehead atoms. The van der Waals surface area contributed by atoms with Crippen LogP contribution in [0.2, 0.25) is 10.0 Å². The van der Waals surface area contributed by atoms with Crippen molar-refractivity contribution in [2.75, 3.05) is 19.6 Å². The van der Waals surface area contributed by atoms with Crippen molar-refractivity contribution >= 4 is 50.8 Å². The highest BCUT2D eigenvalue weighted by molar-refractivity contribution is 7.18. The van der Waals surface area contributed by atoms with E-state index in [1.807, 2.05) is 37.3 Å². The zero-order chi connectivity index (χ0) is 22.7. The highest BCUT2D eigenvalue weighted by Crippen LogP contribution is 2.38. The molecule has 9 heteroatoms. The number of carbonyl (C=O) groups is 1. The van der Waals surface area contributed by atoms with Gasteiger partial charge in [-0.25, -0.2) is 14.6 Å². The highest BCUT2D eigenvalue weighted by Gasteiger charge is 2.40. The van der Waals surface area contributed by atoms with E-state index in [-0.39, 0.29) is 11.9 Å². The number of halogens is 2. The number of rotatable bonds is 8. The summed E-state index contributed by atoms with van der Waals surface area (Å²) >= 11 is 13.9. The summed E-state index contributed by atoms with van der Waals surface area (Å²) in [5, 5.41) is 5.09. The van der Waals surface area contributed by atoms with Gasteiger partial charge in [0.25, 0.3) is 0 Å². The van der Waals surface area contributed by atoms with Gasteiger partial charge >= 0.3 is 0 Å². The van der Waals surface area contributed by atoms with Gasteiger partial charge in [-0.2, -0.15) is 5.84 Å². The molecule has 4 rings (SSSR count). The Hall–Kier alpha value is -1.77. The lowest BCUT2D eigenvalue weighted by molar-refractivity contribution is -0.956. The molecule has 170 valence electrons. The molecule has 32 heavy (non-hydrogen) atoms. The van der Waals surface area contributed by atoms with Gasteiger partial charge in [0.2, 0.25) is 5.91 Å². The number of benzene rings is 1. The Kier molecular flexibility index (Phi) is 7.32. The number of nitrogens with zero attached hydrogens (tertiary/aromatic N) is 3. The summed E-state index contributed by atoms with van der Waals surface area (Å²) in [5.41, 5.74) is 2.85. The number of hydrogen-bond donors (Lipinski definition) is 2. The molecular weight excluding hydrogens is 465 g/mol. The molecule has 3 heterocycles. The number of quaternary nitrogens is 1. The zero-order valence-corrected chi connectivity index (χ0v) is 20.4. The van der Waals surface area contributed by atoms with Crippen molar-refractivity contribution in [3.05, 3.63) is 56.6 Å². The monoisotopic (exact) mass is 492 g/mol. The van der Waals surface area contributed by atoms with E-state index in [1.54, 1.807) is 11.3 Å². The van der Waals surface area contributed by atoms with Gasteiger partial charge < -0.3 is 5.32 Å². The highest BCUT2D eigenvalue weighted by atomic mass is 35.5. The summed E-state index contributed by atoms with van der Waals surface area (Å²) in [4.78, 5) is 21.3. The van der Waals surface area contributed by atoms with Crippen molar-refractivity contribution in [1.82, 2.24) is 15.3 Å². The molecule has 2 atom stereocenters. The standard InChI is InChI=1S/C23H27Cl2N5OS/c1-15-5-8-20-23(28-15)29-22(32-20)10-9-21(31)27-11-3-13-30(26)12-2-4-19(30)16-6-7-17(24)18(25)14-16/h5-8,14,19H,2-4,9-13,26H2,1H3/p+1. The third-order valence-electron chi connectivity index (χ3n) is 6.08.